The molecule has 5 heteroatoms. The van der Waals surface area contributed by atoms with Gasteiger partial charge < -0.3 is 5.32 Å². The molecule has 0 aliphatic heterocycles. The fraction of sp³-hybridized carbons (Fsp3) is 0.438. The summed E-state index contributed by atoms with van der Waals surface area (Å²) < 4.78 is 12.9. The van der Waals surface area contributed by atoms with E-state index in [0.29, 0.717) is 5.92 Å². The quantitative estimate of drug-likeness (QED) is 0.752. The predicted molar refractivity (Wildman–Crippen MR) is 89.4 cm³/mol. The van der Waals surface area contributed by atoms with Crippen molar-refractivity contribution < 1.29 is 4.39 Å². The molecule has 0 spiro atoms. The summed E-state index contributed by atoms with van der Waals surface area (Å²) in [5.41, 5.74) is 1.12. The van der Waals surface area contributed by atoms with Gasteiger partial charge in [0.05, 0.1) is 11.4 Å². The molecule has 2 aromatic rings. The molecular weight excluding hydrogens is 303 g/mol. The van der Waals surface area contributed by atoms with E-state index in [9.17, 15) is 4.39 Å². The van der Waals surface area contributed by atoms with Crippen LogP contribution in [0.5, 0.6) is 0 Å². The summed E-state index contributed by atoms with van der Waals surface area (Å²) >= 11 is 3.46. The van der Waals surface area contributed by atoms with Gasteiger partial charge in [-0.1, -0.05) is 13.8 Å². The maximum atomic E-state index is 12.9. The lowest BCUT2D eigenvalue weighted by atomic mass is 10.2. The number of hydrogen-bond donors (Lipinski definition) is 1. The van der Waals surface area contributed by atoms with Crippen molar-refractivity contribution in [2.45, 2.75) is 38.0 Å². The average molecular weight is 324 g/mol. The molecule has 0 atom stereocenters. The number of aryl methyl sites for hydroxylation is 1. The van der Waals surface area contributed by atoms with Crippen LogP contribution in [0, 0.1) is 18.7 Å². The summed E-state index contributed by atoms with van der Waals surface area (Å²) in [4.78, 5) is 7.01. The molecule has 0 aliphatic carbocycles. The highest BCUT2D eigenvalue weighted by molar-refractivity contribution is 7.98. The lowest BCUT2D eigenvalue weighted by molar-refractivity contribution is 0.554. The number of nitrogens with one attached hydrogen (secondary N) is 1. The molecule has 0 bridgehead atoms. The monoisotopic (exact) mass is 324 g/mol. The molecule has 1 aromatic heterocycles. The Labute approximate surface area is 134 Å². The van der Waals surface area contributed by atoms with Crippen molar-refractivity contribution in [2.75, 3.05) is 6.54 Å². The number of thioether (sulfide) groups is 1. The zero-order valence-electron chi connectivity index (χ0n) is 12.6. The number of nitrogens with zero attached hydrogens (tertiary/aromatic N) is 1. The minimum atomic E-state index is -0.192. The maximum Gasteiger partial charge on any atom is 0.123 e. The van der Waals surface area contributed by atoms with E-state index in [1.54, 1.807) is 23.1 Å². The Hall–Kier alpha value is -0.910. The van der Waals surface area contributed by atoms with E-state index in [1.807, 2.05) is 12.1 Å². The third-order valence-corrected chi connectivity index (χ3v) is 5.31. The molecule has 1 aromatic carbocycles. The molecule has 0 unspecified atom stereocenters. The Kier molecular flexibility index (Phi) is 6.21. The minimum absolute atomic E-state index is 0.192. The van der Waals surface area contributed by atoms with Crippen molar-refractivity contribution in [2.24, 2.45) is 5.92 Å². The number of thiazole rings is 1. The lowest BCUT2D eigenvalue weighted by Gasteiger charge is -2.05. The summed E-state index contributed by atoms with van der Waals surface area (Å²) in [6.07, 6.45) is 0. The van der Waals surface area contributed by atoms with Crippen LogP contribution in [0.4, 0.5) is 4.39 Å². The first-order valence-electron chi connectivity index (χ1n) is 7.09. The summed E-state index contributed by atoms with van der Waals surface area (Å²) in [6.45, 7) is 8.39. The zero-order valence-corrected chi connectivity index (χ0v) is 14.3. The normalized spacial score (nSPS) is 11.3. The molecule has 0 saturated heterocycles. The fourth-order valence-corrected chi connectivity index (χ4v) is 3.79. The highest BCUT2D eigenvalue weighted by atomic mass is 32.2. The summed E-state index contributed by atoms with van der Waals surface area (Å²) in [5, 5.41) is 4.59. The van der Waals surface area contributed by atoms with Crippen molar-refractivity contribution in [3.8, 4) is 0 Å². The lowest BCUT2D eigenvalue weighted by Crippen LogP contribution is -2.18. The number of aromatic nitrogens is 1. The van der Waals surface area contributed by atoms with Crippen LogP contribution in [0.1, 0.15) is 29.4 Å². The van der Waals surface area contributed by atoms with Gasteiger partial charge in [-0.25, -0.2) is 9.37 Å². The molecule has 0 saturated carbocycles. The Morgan fingerprint density at radius 2 is 2.00 bits per heavy atom. The molecule has 1 N–H and O–H groups in total. The van der Waals surface area contributed by atoms with Crippen LogP contribution in [0.15, 0.2) is 29.2 Å². The van der Waals surface area contributed by atoms with Gasteiger partial charge in [-0.05, 0) is 43.7 Å². The van der Waals surface area contributed by atoms with Crippen LogP contribution in [-0.2, 0) is 12.3 Å². The van der Waals surface area contributed by atoms with Crippen LogP contribution < -0.4 is 5.32 Å². The third kappa shape index (κ3) is 5.41. The summed E-state index contributed by atoms with van der Waals surface area (Å²) in [7, 11) is 0. The average Bonchev–Trinajstić information content (AvgIpc) is 2.78. The molecule has 114 valence electrons. The number of rotatable bonds is 7. The number of halogens is 1. The van der Waals surface area contributed by atoms with E-state index in [1.165, 1.54) is 17.0 Å². The van der Waals surface area contributed by atoms with Crippen LogP contribution >= 0.6 is 23.1 Å². The van der Waals surface area contributed by atoms with E-state index < -0.39 is 0 Å². The summed E-state index contributed by atoms with van der Waals surface area (Å²) in [5.74, 6) is 1.30. The van der Waals surface area contributed by atoms with E-state index in [-0.39, 0.29) is 5.82 Å². The van der Waals surface area contributed by atoms with Gasteiger partial charge in [-0.3, -0.25) is 0 Å². The molecule has 2 rings (SSSR count). The fourth-order valence-electron chi connectivity index (χ4n) is 1.86. The van der Waals surface area contributed by atoms with E-state index >= 15 is 0 Å². The predicted octanol–water partition coefficient (Wildman–Crippen LogP) is 4.63. The molecule has 21 heavy (non-hydrogen) atoms. The second-order valence-electron chi connectivity index (χ2n) is 5.38. The first-order chi connectivity index (χ1) is 10.0. The van der Waals surface area contributed by atoms with Gasteiger partial charge >= 0.3 is 0 Å². The first kappa shape index (κ1) is 16.5. The van der Waals surface area contributed by atoms with Crippen LogP contribution in [-0.4, -0.2) is 11.5 Å². The SMILES string of the molecule is Cc1nc(CSc2ccc(F)cc2)sc1CNCC(C)C. The largest absolute Gasteiger partial charge is 0.312 e. The topological polar surface area (TPSA) is 24.9 Å². The van der Waals surface area contributed by atoms with E-state index in [4.69, 9.17) is 0 Å². The summed E-state index contributed by atoms with van der Waals surface area (Å²) in [6, 6.07) is 6.62. The molecule has 0 aliphatic rings. The van der Waals surface area contributed by atoms with Crippen molar-refractivity contribution >= 4 is 23.1 Å². The van der Waals surface area contributed by atoms with Gasteiger partial charge in [-0.15, -0.1) is 23.1 Å². The molecular formula is C16H21FN2S2. The van der Waals surface area contributed by atoms with Gasteiger partial charge in [-0.2, -0.15) is 0 Å². The number of hydrogen-bond acceptors (Lipinski definition) is 4. The smallest absolute Gasteiger partial charge is 0.123 e. The zero-order chi connectivity index (χ0) is 15.2. The highest BCUT2D eigenvalue weighted by Crippen LogP contribution is 2.27. The Bertz CT molecular complexity index is 564. The Morgan fingerprint density at radius 3 is 2.67 bits per heavy atom. The molecule has 0 fully saturated rings. The van der Waals surface area contributed by atoms with Gasteiger partial charge in [0.1, 0.15) is 10.8 Å². The second-order valence-corrected chi connectivity index (χ2v) is 7.60. The van der Waals surface area contributed by atoms with Crippen LogP contribution in [0.25, 0.3) is 0 Å². The van der Waals surface area contributed by atoms with Gasteiger partial charge in [0, 0.05) is 16.3 Å². The van der Waals surface area contributed by atoms with Gasteiger partial charge in [0.25, 0.3) is 0 Å². The second kappa shape index (κ2) is 7.92. The van der Waals surface area contributed by atoms with Crippen molar-refractivity contribution in [3.05, 3.63) is 45.7 Å². The van der Waals surface area contributed by atoms with E-state index in [2.05, 4.69) is 31.1 Å². The van der Waals surface area contributed by atoms with Gasteiger partial charge in [0.2, 0.25) is 0 Å². The van der Waals surface area contributed by atoms with Crippen LogP contribution in [0.3, 0.4) is 0 Å². The Morgan fingerprint density at radius 1 is 1.29 bits per heavy atom. The van der Waals surface area contributed by atoms with Crippen molar-refractivity contribution in [3.63, 3.8) is 0 Å². The van der Waals surface area contributed by atoms with Crippen LogP contribution in [0.2, 0.25) is 0 Å². The number of benzene rings is 1. The van der Waals surface area contributed by atoms with Crippen molar-refractivity contribution in [1.29, 1.82) is 0 Å². The molecule has 0 radical (unpaired) electrons. The van der Waals surface area contributed by atoms with Gasteiger partial charge in [0.15, 0.2) is 0 Å². The standard InChI is InChI=1S/C16H21FN2S2/c1-11(2)8-18-9-15-12(3)19-16(21-15)10-20-14-6-4-13(17)5-7-14/h4-7,11,18H,8-10H2,1-3H3. The first-order valence-corrected chi connectivity index (χ1v) is 8.89. The maximum absolute atomic E-state index is 12.9. The molecule has 2 nitrogen and oxygen atoms in total. The minimum Gasteiger partial charge on any atom is -0.312 e. The third-order valence-electron chi connectivity index (χ3n) is 2.95. The molecule has 0 amide bonds. The molecule has 1 heterocycles. The van der Waals surface area contributed by atoms with E-state index in [0.717, 1.165) is 34.4 Å². The Balaban J connectivity index is 1.87. The van der Waals surface area contributed by atoms with Crippen molar-refractivity contribution in [1.82, 2.24) is 10.3 Å². The highest BCUT2D eigenvalue weighted by Gasteiger charge is 2.08.